The molecule has 0 radical (unpaired) electrons. The third-order valence-corrected chi connectivity index (χ3v) is 11.0. The Bertz CT molecular complexity index is 1290. The predicted molar refractivity (Wildman–Crippen MR) is 157 cm³/mol. The van der Waals surface area contributed by atoms with E-state index in [0.717, 1.165) is 22.7 Å². The molecule has 1 saturated carbocycles. The summed E-state index contributed by atoms with van der Waals surface area (Å²) in [6, 6.07) is 5.54. The summed E-state index contributed by atoms with van der Waals surface area (Å²) in [5.41, 5.74) is 0.630. The maximum atomic E-state index is 13.8. The van der Waals surface area contributed by atoms with E-state index >= 15 is 0 Å². The molecule has 1 aromatic heterocycles. The van der Waals surface area contributed by atoms with Crippen LogP contribution < -0.4 is 14.8 Å². The van der Waals surface area contributed by atoms with Gasteiger partial charge in [0.25, 0.3) is 0 Å². The first-order chi connectivity index (χ1) is 19.5. The van der Waals surface area contributed by atoms with E-state index in [2.05, 4.69) is 12.2 Å². The van der Waals surface area contributed by atoms with E-state index in [0.29, 0.717) is 62.1 Å². The Hall–Kier alpha value is -2.89. The number of nitrogens with zero attached hydrogens (tertiary/aromatic N) is 3. The molecule has 5 atom stereocenters. The highest BCUT2D eigenvalue weighted by Gasteiger charge is 2.59. The lowest BCUT2D eigenvalue weighted by Gasteiger charge is -2.58. The molecule has 0 spiro atoms. The zero-order valence-electron chi connectivity index (χ0n) is 24.6. The van der Waals surface area contributed by atoms with Gasteiger partial charge in [0.05, 0.1) is 38.3 Å². The number of rotatable bonds is 7. The van der Waals surface area contributed by atoms with Crippen molar-refractivity contribution in [1.29, 1.82) is 0 Å². The number of nitrogens with one attached hydrogen (secondary N) is 1. The van der Waals surface area contributed by atoms with Crippen LogP contribution in [-0.4, -0.2) is 89.9 Å². The average Bonchev–Trinajstić information content (AvgIpc) is 3.38. The lowest BCUT2D eigenvalue weighted by atomic mass is 9.47. The van der Waals surface area contributed by atoms with Crippen LogP contribution in [0.5, 0.6) is 11.5 Å². The molecule has 5 unspecified atom stereocenters. The number of hydrogen-bond acceptors (Lipinski definition) is 9. The summed E-state index contributed by atoms with van der Waals surface area (Å²) in [5, 5.41) is 25.7. The van der Waals surface area contributed by atoms with E-state index in [4.69, 9.17) is 14.5 Å². The molecule has 2 heterocycles. The van der Waals surface area contributed by atoms with Crippen LogP contribution in [0.15, 0.2) is 18.2 Å². The van der Waals surface area contributed by atoms with Gasteiger partial charge in [-0.2, -0.15) is 0 Å². The van der Waals surface area contributed by atoms with Crippen LogP contribution >= 0.6 is 11.3 Å². The van der Waals surface area contributed by atoms with Crippen molar-refractivity contribution in [1.82, 2.24) is 14.8 Å². The number of aromatic nitrogens is 1. The molecule has 2 aromatic rings. The Morgan fingerprint density at radius 1 is 1.15 bits per heavy atom. The number of aliphatic hydroxyl groups excluding tert-OH is 2. The standard InChI is InChI=1S/C30H42N4O6S/c1-18(36)33-10-12-34(13-11-33)26(38)15-20-27-23(16-24-29(20,2)9-8-25(37)30(24,3)17-35)41-28(32-27)31-21-14-19(39-4)6-7-22(21)40-5/h6-7,14,20,24-25,35,37H,8-13,15-17H2,1-5H3,(H,31,32). The topological polar surface area (TPSA) is 124 Å². The second kappa shape index (κ2) is 11.4. The number of hydrogen-bond donors (Lipinski definition) is 3. The second-order valence-electron chi connectivity index (χ2n) is 12.1. The first kappa shape index (κ1) is 29.6. The van der Waals surface area contributed by atoms with Gasteiger partial charge in [-0.1, -0.05) is 13.8 Å². The SMILES string of the molecule is COc1ccc(OC)c(Nc2nc3c(s2)CC2C(C)(CO)C(O)CCC2(C)C3CC(=O)N2CCN(C(C)=O)CC2)c1. The first-order valence-electron chi connectivity index (χ1n) is 14.3. The van der Waals surface area contributed by atoms with Gasteiger partial charge in [-0.15, -0.1) is 11.3 Å². The molecule has 5 rings (SSSR count). The maximum absolute atomic E-state index is 13.8. The van der Waals surface area contributed by atoms with Gasteiger partial charge in [-0.3, -0.25) is 9.59 Å². The quantitative estimate of drug-likeness (QED) is 0.451. The third-order valence-electron chi connectivity index (χ3n) is 10.00. The van der Waals surface area contributed by atoms with Crippen molar-refractivity contribution in [2.45, 2.75) is 58.5 Å². The van der Waals surface area contributed by atoms with Gasteiger partial charge in [0.1, 0.15) is 11.5 Å². The van der Waals surface area contributed by atoms with Gasteiger partial charge >= 0.3 is 0 Å². The number of aliphatic hydroxyl groups is 2. The van der Waals surface area contributed by atoms with Crippen LogP contribution in [0.1, 0.15) is 56.5 Å². The summed E-state index contributed by atoms with van der Waals surface area (Å²) < 4.78 is 11.0. The summed E-state index contributed by atoms with van der Waals surface area (Å²) in [6.45, 7) is 7.75. The number of benzene rings is 1. The molecule has 3 aliphatic rings. The van der Waals surface area contributed by atoms with E-state index < -0.39 is 11.5 Å². The minimum atomic E-state index is -0.688. The van der Waals surface area contributed by atoms with E-state index in [1.807, 2.05) is 30.0 Å². The van der Waals surface area contributed by atoms with E-state index in [-0.39, 0.29) is 35.7 Å². The number of amides is 2. The Morgan fingerprint density at radius 3 is 2.49 bits per heavy atom. The zero-order valence-corrected chi connectivity index (χ0v) is 25.4. The normalized spacial score (nSPS) is 29.4. The van der Waals surface area contributed by atoms with Crippen LogP contribution in [0.25, 0.3) is 0 Å². The van der Waals surface area contributed by atoms with Crippen LogP contribution in [0.3, 0.4) is 0 Å². The monoisotopic (exact) mass is 586 g/mol. The lowest BCUT2D eigenvalue weighted by Crippen LogP contribution is -2.58. The van der Waals surface area contributed by atoms with Crippen LogP contribution in [0.2, 0.25) is 0 Å². The number of carbonyl (C=O) groups is 2. The molecular weight excluding hydrogens is 544 g/mol. The highest BCUT2D eigenvalue weighted by molar-refractivity contribution is 7.15. The van der Waals surface area contributed by atoms with E-state index in [1.54, 1.807) is 37.4 Å². The van der Waals surface area contributed by atoms with E-state index in [1.165, 1.54) is 0 Å². The minimum absolute atomic E-state index is 0.0248. The van der Waals surface area contributed by atoms with Gasteiger partial charge in [0, 0.05) is 61.8 Å². The smallest absolute Gasteiger partial charge is 0.223 e. The summed E-state index contributed by atoms with van der Waals surface area (Å²) in [4.78, 5) is 35.4. The largest absolute Gasteiger partial charge is 0.497 e. The number of ether oxygens (including phenoxy) is 2. The van der Waals surface area contributed by atoms with Crippen LogP contribution in [0.4, 0.5) is 10.8 Å². The number of thiazole rings is 1. The molecule has 1 aromatic carbocycles. The molecule has 2 amide bonds. The minimum Gasteiger partial charge on any atom is -0.497 e. The van der Waals surface area contributed by atoms with Gasteiger partial charge < -0.3 is 34.8 Å². The Labute approximate surface area is 245 Å². The fraction of sp³-hybridized carbons (Fsp3) is 0.633. The number of piperazine rings is 1. The highest BCUT2D eigenvalue weighted by atomic mass is 32.1. The van der Waals surface area contributed by atoms with Crippen molar-refractivity contribution >= 4 is 34.0 Å². The maximum Gasteiger partial charge on any atom is 0.223 e. The van der Waals surface area contributed by atoms with Gasteiger partial charge in [-0.05, 0) is 42.7 Å². The summed E-state index contributed by atoms with van der Waals surface area (Å²) in [5.74, 6) is 1.24. The molecule has 0 bridgehead atoms. The molecule has 1 aliphatic heterocycles. The van der Waals surface area contributed by atoms with Crippen molar-refractivity contribution in [2.75, 3.05) is 52.3 Å². The Balaban J connectivity index is 1.49. The molecule has 2 aliphatic carbocycles. The second-order valence-corrected chi connectivity index (χ2v) is 13.2. The van der Waals surface area contributed by atoms with Crippen molar-refractivity contribution < 1.29 is 29.3 Å². The third kappa shape index (κ3) is 5.28. The molecular formula is C30H42N4O6S. The molecule has 11 heteroatoms. The number of methoxy groups -OCH3 is 2. The fourth-order valence-corrected chi connectivity index (χ4v) is 8.38. The van der Waals surface area contributed by atoms with Crippen molar-refractivity contribution in [2.24, 2.45) is 16.7 Å². The zero-order chi connectivity index (χ0) is 29.5. The number of fused-ring (bicyclic) bond motifs is 2. The Morgan fingerprint density at radius 2 is 1.85 bits per heavy atom. The first-order valence-corrected chi connectivity index (χ1v) is 15.2. The molecule has 2 fully saturated rings. The average molecular weight is 587 g/mol. The van der Waals surface area contributed by atoms with Gasteiger partial charge in [0.2, 0.25) is 11.8 Å². The van der Waals surface area contributed by atoms with Crippen molar-refractivity contribution in [3.8, 4) is 11.5 Å². The molecule has 10 nitrogen and oxygen atoms in total. The van der Waals surface area contributed by atoms with Crippen LogP contribution in [0, 0.1) is 16.7 Å². The molecule has 1 saturated heterocycles. The fourth-order valence-electron chi connectivity index (χ4n) is 7.30. The Kier molecular flexibility index (Phi) is 8.24. The van der Waals surface area contributed by atoms with E-state index in [9.17, 15) is 19.8 Å². The summed E-state index contributed by atoms with van der Waals surface area (Å²) in [7, 11) is 3.23. The van der Waals surface area contributed by atoms with Crippen molar-refractivity contribution in [3.63, 3.8) is 0 Å². The molecule has 224 valence electrons. The lowest BCUT2D eigenvalue weighted by molar-refractivity contribution is -0.149. The van der Waals surface area contributed by atoms with Crippen LogP contribution in [-0.2, 0) is 16.0 Å². The number of carbonyl (C=O) groups excluding carboxylic acids is 2. The van der Waals surface area contributed by atoms with Gasteiger partial charge in [0.15, 0.2) is 5.13 Å². The highest BCUT2D eigenvalue weighted by Crippen LogP contribution is 2.63. The van der Waals surface area contributed by atoms with Crippen molar-refractivity contribution in [3.05, 3.63) is 28.8 Å². The molecule has 3 N–H and O–H groups in total. The van der Waals surface area contributed by atoms with Gasteiger partial charge in [-0.25, -0.2) is 4.98 Å². The summed E-state index contributed by atoms with van der Waals surface area (Å²) in [6.07, 6.45) is 1.67. The molecule has 41 heavy (non-hydrogen) atoms. The number of anilines is 2. The predicted octanol–water partition coefficient (Wildman–Crippen LogP) is 3.40. The summed E-state index contributed by atoms with van der Waals surface area (Å²) >= 11 is 1.55.